The molecule has 0 aliphatic heterocycles. The first-order chi connectivity index (χ1) is 8.57. The molecule has 2 rings (SSSR count). The fraction of sp³-hybridized carbons (Fsp3) is 0.571. The van der Waals surface area contributed by atoms with Crippen molar-refractivity contribution in [1.82, 2.24) is 5.43 Å². The monoisotopic (exact) mass is 286 g/mol. The van der Waals surface area contributed by atoms with Crippen molar-refractivity contribution in [2.24, 2.45) is 11.3 Å². The molecular formula is C14H20Cl2N2. The molecular weight excluding hydrogens is 267 g/mol. The summed E-state index contributed by atoms with van der Waals surface area (Å²) < 4.78 is 0. The lowest BCUT2D eigenvalue weighted by molar-refractivity contribution is 0.221. The minimum atomic E-state index is 0.220. The van der Waals surface area contributed by atoms with Gasteiger partial charge in [-0.3, -0.25) is 11.3 Å². The van der Waals surface area contributed by atoms with Crippen LogP contribution in [0.15, 0.2) is 18.2 Å². The van der Waals surface area contributed by atoms with Crippen molar-refractivity contribution in [3.63, 3.8) is 0 Å². The first kappa shape index (κ1) is 14.1. The number of halogens is 2. The average molecular weight is 287 g/mol. The maximum absolute atomic E-state index is 6.23. The Morgan fingerprint density at radius 3 is 2.33 bits per heavy atom. The van der Waals surface area contributed by atoms with Crippen LogP contribution in [0.4, 0.5) is 0 Å². The van der Waals surface area contributed by atoms with Crippen LogP contribution in [0.2, 0.25) is 10.0 Å². The highest BCUT2D eigenvalue weighted by molar-refractivity contribution is 6.36. The Morgan fingerprint density at radius 2 is 1.83 bits per heavy atom. The molecule has 0 heterocycles. The smallest absolute Gasteiger partial charge is 0.0453 e. The molecule has 0 radical (unpaired) electrons. The number of nitrogens with two attached hydrogens (primary N) is 1. The number of hydrogen-bond donors (Lipinski definition) is 2. The number of nitrogens with one attached hydrogen (secondary N) is 1. The zero-order chi connectivity index (χ0) is 13.2. The second-order valence-corrected chi connectivity index (χ2v) is 6.30. The van der Waals surface area contributed by atoms with Crippen molar-refractivity contribution in [3.8, 4) is 0 Å². The molecule has 0 amide bonds. The van der Waals surface area contributed by atoms with E-state index in [0.717, 1.165) is 22.0 Å². The fourth-order valence-electron chi connectivity index (χ4n) is 2.97. The lowest BCUT2D eigenvalue weighted by Gasteiger charge is -2.34. The van der Waals surface area contributed by atoms with Gasteiger partial charge in [-0.25, -0.2) is 0 Å². The summed E-state index contributed by atoms with van der Waals surface area (Å²) in [6, 6.07) is 5.86. The van der Waals surface area contributed by atoms with Gasteiger partial charge in [0.1, 0.15) is 0 Å². The minimum absolute atomic E-state index is 0.220. The third-order valence-corrected chi connectivity index (χ3v) is 4.97. The van der Waals surface area contributed by atoms with E-state index in [4.69, 9.17) is 29.0 Å². The highest BCUT2D eigenvalue weighted by Crippen LogP contribution is 2.42. The Kier molecular flexibility index (Phi) is 4.54. The second-order valence-electron chi connectivity index (χ2n) is 5.48. The molecule has 0 saturated heterocycles. The van der Waals surface area contributed by atoms with Crippen LogP contribution in [0, 0.1) is 5.41 Å². The molecule has 1 aliphatic carbocycles. The summed E-state index contributed by atoms with van der Waals surface area (Å²) in [5.74, 6) is 5.75. The highest BCUT2D eigenvalue weighted by atomic mass is 35.5. The van der Waals surface area contributed by atoms with Crippen LogP contribution < -0.4 is 11.3 Å². The summed E-state index contributed by atoms with van der Waals surface area (Å²) in [5, 5.41) is 1.45. The molecule has 18 heavy (non-hydrogen) atoms. The van der Waals surface area contributed by atoms with Gasteiger partial charge in [-0.15, -0.1) is 0 Å². The minimum Gasteiger partial charge on any atom is -0.271 e. The van der Waals surface area contributed by atoms with Crippen molar-refractivity contribution in [2.45, 2.75) is 45.1 Å². The van der Waals surface area contributed by atoms with E-state index in [9.17, 15) is 0 Å². The zero-order valence-electron chi connectivity index (χ0n) is 10.7. The molecule has 2 nitrogen and oxygen atoms in total. The molecule has 100 valence electrons. The summed E-state index contributed by atoms with van der Waals surface area (Å²) in [6.45, 7) is 2.30. The van der Waals surface area contributed by atoms with Crippen molar-refractivity contribution < 1.29 is 0 Å². The molecule has 1 aromatic carbocycles. The lowest BCUT2D eigenvalue weighted by atomic mass is 9.78. The van der Waals surface area contributed by atoms with Gasteiger partial charge in [-0.1, -0.05) is 49.0 Å². The lowest BCUT2D eigenvalue weighted by Crippen LogP contribution is -2.47. The van der Waals surface area contributed by atoms with Crippen LogP contribution in [-0.2, 0) is 6.42 Å². The average Bonchev–Trinajstić information content (AvgIpc) is 2.77. The first-order valence-electron chi connectivity index (χ1n) is 6.46. The van der Waals surface area contributed by atoms with E-state index >= 15 is 0 Å². The second kappa shape index (κ2) is 5.79. The molecule has 1 unspecified atom stereocenters. The predicted molar refractivity (Wildman–Crippen MR) is 77.9 cm³/mol. The van der Waals surface area contributed by atoms with Gasteiger partial charge in [0.2, 0.25) is 0 Å². The van der Waals surface area contributed by atoms with E-state index < -0.39 is 0 Å². The van der Waals surface area contributed by atoms with Gasteiger partial charge >= 0.3 is 0 Å². The van der Waals surface area contributed by atoms with Gasteiger partial charge in [0.05, 0.1) is 0 Å². The molecule has 0 aromatic heterocycles. The Labute approximate surface area is 119 Å². The normalized spacial score (nSPS) is 20.0. The van der Waals surface area contributed by atoms with Gasteiger partial charge in [0.25, 0.3) is 0 Å². The number of hydrogen-bond acceptors (Lipinski definition) is 2. The molecule has 1 aliphatic rings. The van der Waals surface area contributed by atoms with Crippen LogP contribution >= 0.6 is 23.2 Å². The standard InChI is InChI=1S/C14H20Cl2N2/c1-14(7-2-3-8-14)13(18-17)9-10-11(15)5-4-6-12(10)16/h4-6,13,18H,2-3,7-9,17H2,1H3. The Bertz CT molecular complexity index is 394. The van der Waals surface area contributed by atoms with E-state index in [1.165, 1.54) is 25.7 Å². The molecule has 4 heteroatoms. The number of benzene rings is 1. The molecule has 1 atom stereocenters. The fourth-order valence-corrected chi connectivity index (χ4v) is 3.52. The van der Waals surface area contributed by atoms with E-state index in [2.05, 4.69) is 12.3 Å². The highest BCUT2D eigenvalue weighted by Gasteiger charge is 2.36. The molecule has 1 aromatic rings. The van der Waals surface area contributed by atoms with Gasteiger partial charge in [-0.05, 0) is 42.4 Å². The summed E-state index contributed by atoms with van der Waals surface area (Å²) in [7, 11) is 0. The topological polar surface area (TPSA) is 38.0 Å². The molecule has 0 bridgehead atoms. The van der Waals surface area contributed by atoms with Crippen molar-refractivity contribution in [3.05, 3.63) is 33.8 Å². The van der Waals surface area contributed by atoms with Crippen molar-refractivity contribution in [1.29, 1.82) is 0 Å². The SMILES string of the molecule is CC1(C(Cc2c(Cl)cccc2Cl)NN)CCCC1. The van der Waals surface area contributed by atoms with Gasteiger partial charge in [0.15, 0.2) is 0 Å². The Hall–Kier alpha value is -0.280. The van der Waals surface area contributed by atoms with Crippen LogP contribution in [0.25, 0.3) is 0 Å². The molecule has 1 saturated carbocycles. The molecule has 3 N–H and O–H groups in total. The van der Waals surface area contributed by atoms with Crippen LogP contribution in [0.1, 0.15) is 38.2 Å². The van der Waals surface area contributed by atoms with E-state index in [0.29, 0.717) is 0 Å². The van der Waals surface area contributed by atoms with Crippen LogP contribution in [0.3, 0.4) is 0 Å². The Morgan fingerprint density at radius 1 is 1.28 bits per heavy atom. The van der Waals surface area contributed by atoms with Crippen LogP contribution in [-0.4, -0.2) is 6.04 Å². The quantitative estimate of drug-likeness (QED) is 0.650. The van der Waals surface area contributed by atoms with E-state index in [1.54, 1.807) is 0 Å². The summed E-state index contributed by atoms with van der Waals surface area (Å²) >= 11 is 12.5. The third kappa shape index (κ3) is 2.83. The largest absolute Gasteiger partial charge is 0.271 e. The van der Waals surface area contributed by atoms with Crippen LogP contribution in [0.5, 0.6) is 0 Å². The van der Waals surface area contributed by atoms with Gasteiger partial charge in [0, 0.05) is 16.1 Å². The number of rotatable bonds is 4. The number of hydrazine groups is 1. The van der Waals surface area contributed by atoms with Crippen molar-refractivity contribution in [2.75, 3.05) is 0 Å². The maximum atomic E-state index is 6.23. The molecule has 0 spiro atoms. The van der Waals surface area contributed by atoms with E-state index in [1.807, 2.05) is 18.2 Å². The van der Waals surface area contributed by atoms with Gasteiger partial charge < -0.3 is 0 Å². The van der Waals surface area contributed by atoms with E-state index in [-0.39, 0.29) is 11.5 Å². The van der Waals surface area contributed by atoms with Crippen molar-refractivity contribution >= 4 is 23.2 Å². The third-order valence-electron chi connectivity index (χ3n) is 4.26. The summed E-state index contributed by atoms with van der Waals surface area (Å²) in [6.07, 6.45) is 5.77. The summed E-state index contributed by atoms with van der Waals surface area (Å²) in [4.78, 5) is 0. The zero-order valence-corrected chi connectivity index (χ0v) is 12.2. The maximum Gasteiger partial charge on any atom is 0.0453 e. The van der Waals surface area contributed by atoms with Gasteiger partial charge in [-0.2, -0.15) is 0 Å². The first-order valence-corrected chi connectivity index (χ1v) is 7.21. The Balaban J connectivity index is 2.20. The molecule has 1 fully saturated rings. The predicted octanol–water partition coefficient (Wildman–Crippen LogP) is 3.95. The summed E-state index contributed by atoms with van der Waals surface area (Å²) in [5.41, 5.74) is 4.21.